The molecule has 0 radical (unpaired) electrons. The van der Waals surface area contributed by atoms with Crippen LogP contribution in [0.25, 0.3) is 0 Å². The maximum atomic E-state index is 9.92. The number of anilines is 1. The van der Waals surface area contributed by atoms with Crippen molar-refractivity contribution in [1.82, 2.24) is 0 Å². The summed E-state index contributed by atoms with van der Waals surface area (Å²) in [5.41, 5.74) is 1.17. The predicted octanol–water partition coefficient (Wildman–Crippen LogP) is 1.74. The minimum atomic E-state index is -0.798. The van der Waals surface area contributed by atoms with Gasteiger partial charge in [0, 0.05) is 7.05 Å². The topological polar surface area (TPSA) is 32.7 Å². The van der Waals surface area contributed by atoms with Gasteiger partial charge in [-0.15, -0.1) is 0 Å². The molecule has 1 aliphatic heterocycles. The fraction of sp³-hybridized carbons (Fsp3) is 0.500. The quantitative estimate of drug-likeness (QED) is 0.761. The molecule has 82 valence electrons. The van der Waals surface area contributed by atoms with Crippen LogP contribution in [0.2, 0.25) is 0 Å². The van der Waals surface area contributed by atoms with Gasteiger partial charge in [-0.2, -0.15) is 0 Å². The lowest BCUT2D eigenvalue weighted by molar-refractivity contribution is 0.0785. The summed E-state index contributed by atoms with van der Waals surface area (Å²) in [5.74, 6) is 0.900. The molecule has 2 rings (SSSR count). The van der Waals surface area contributed by atoms with Crippen LogP contribution in [0.1, 0.15) is 19.4 Å². The molecule has 0 amide bonds. The number of hydrogen-bond acceptors (Lipinski definition) is 3. The van der Waals surface area contributed by atoms with Crippen LogP contribution in [0.4, 0.5) is 5.69 Å². The first-order chi connectivity index (χ1) is 6.98. The molecular weight excluding hydrogens is 190 g/mol. The Balaban J connectivity index is 2.44. The summed E-state index contributed by atoms with van der Waals surface area (Å²) in [7, 11) is 2.04. The lowest BCUT2D eigenvalue weighted by Crippen LogP contribution is -2.29. The average molecular weight is 207 g/mol. The second-order valence-corrected chi connectivity index (χ2v) is 4.51. The molecule has 15 heavy (non-hydrogen) atoms. The van der Waals surface area contributed by atoms with Crippen molar-refractivity contribution in [2.75, 3.05) is 25.1 Å². The Morgan fingerprint density at radius 1 is 1.40 bits per heavy atom. The van der Waals surface area contributed by atoms with E-state index in [1.165, 1.54) is 0 Å². The van der Waals surface area contributed by atoms with Crippen molar-refractivity contribution in [2.45, 2.75) is 19.4 Å². The van der Waals surface area contributed by atoms with Crippen LogP contribution < -0.4 is 9.64 Å². The molecule has 1 N–H and O–H groups in total. The minimum absolute atomic E-state index is 0.728. The number of hydrogen-bond donors (Lipinski definition) is 1. The molecular formula is C12H17NO2. The lowest BCUT2D eigenvalue weighted by Gasteiger charge is -2.29. The monoisotopic (exact) mass is 207 g/mol. The van der Waals surface area contributed by atoms with Gasteiger partial charge in [-0.25, -0.2) is 0 Å². The average Bonchev–Trinajstić information content (AvgIpc) is 2.16. The van der Waals surface area contributed by atoms with Crippen LogP contribution in [0.3, 0.4) is 0 Å². The molecule has 0 bridgehead atoms. The molecule has 0 unspecified atom stereocenters. The highest BCUT2D eigenvalue weighted by Crippen LogP contribution is 2.34. The highest BCUT2D eigenvalue weighted by Gasteiger charge is 2.21. The normalized spacial score (nSPS) is 15.9. The molecule has 0 spiro atoms. The number of fused-ring (bicyclic) bond motifs is 1. The Morgan fingerprint density at radius 2 is 2.13 bits per heavy atom. The van der Waals surface area contributed by atoms with E-state index < -0.39 is 5.60 Å². The van der Waals surface area contributed by atoms with E-state index in [1.54, 1.807) is 13.8 Å². The molecule has 1 heterocycles. The van der Waals surface area contributed by atoms with Crippen LogP contribution in [0, 0.1) is 0 Å². The first kappa shape index (κ1) is 10.3. The molecule has 1 aliphatic rings. The van der Waals surface area contributed by atoms with Crippen LogP contribution in [0.5, 0.6) is 5.75 Å². The molecule has 1 aromatic carbocycles. The van der Waals surface area contributed by atoms with E-state index in [0.717, 1.165) is 30.2 Å². The van der Waals surface area contributed by atoms with Crippen molar-refractivity contribution in [1.29, 1.82) is 0 Å². The molecule has 0 saturated carbocycles. The van der Waals surface area contributed by atoms with E-state index in [9.17, 15) is 5.11 Å². The Hall–Kier alpha value is -1.22. The van der Waals surface area contributed by atoms with Gasteiger partial charge in [-0.1, -0.05) is 6.07 Å². The maximum absolute atomic E-state index is 9.92. The van der Waals surface area contributed by atoms with Crippen LogP contribution >= 0.6 is 0 Å². The summed E-state index contributed by atoms with van der Waals surface area (Å²) in [6.07, 6.45) is 0. The molecule has 3 nitrogen and oxygen atoms in total. The number of benzene rings is 1. The summed E-state index contributed by atoms with van der Waals surface area (Å²) in [5, 5.41) is 9.92. The fourth-order valence-corrected chi connectivity index (χ4v) is 1.73. The van der Waals surface area contributed by atoms with E-state index in [0.29, 0.717) is 0 Å². The first-order valence-electron chi connectivity index (χ1n) is 5.19. The smallest absolute Gasteiger partial charge is 0.142 e. The zero-order valence-electron chi connectivity index (χ0n) is 9.45. The third-order valence-electron chi connectivity index (χ3n) is 2.76. The first-order valence-corrected chi connectivity index (χ1v) is 5.19. The minimum Gasteiger partial charge on any atom is -0.490 e. The summed E-state index contributed by atoms with van der Waals surface area (Å²) in [6, 6.07) is 5.84. The lowest BCUT2D eigenvalue weighted by atomic mass is 9.97. The summed E-state index contributed by atoms with van der Waals surface area (Å²) < 4.78 is 5.54. The molecule has 0 fully saturated rings. The maximum Gasteiger partial charge on any atom is 0.142 e. The van der Waals surface area contributed by atoms with Crippen molar-refractivity contribution in [2.24, 2.45) is 0 Å². The second-order valence-electron chi connectivity index (χ2n) is 4.51. The molecule has 1 aromatic rings. The van der Waals surface area contributed by atoms with Gasteiger partial charge in [0.2, 0.25) is 0 Å². The van der Waals surface area contributed by atoms with Gasteiger partial charge >= 0.3 is 0 Å². The zero-order valence-corrected chi connectivity index (χ0v) is 9.45. The van der Waals surface area contributed by atoms with E-state index >= 15 is 0 Å². The van der Waals surface area contributed by atoms with Gasteiger partial charge in [0.25, 0.3) is 0 Å². The van der Waals surface area contributed by atoms with Gasteiger partial charge in [-0.3, -0.25) is 0 Å². The Morgan fingerprint density at radius 3 is 2.80 bits per heavy atom. The second kappa shape index (κ2) is 3.42. The molecule has 0 atom stereocenters. The van der Waals surface area contributed by atoms with Gasteiger partial charge in [0.15, 0.2) is 0 Å². The number of rotatable bonds is 1. The summed E-state index contributed by atoms with van der Waals surface area (Å²) in [6.45, 7) is 5.20. The molecule has 3 heteroatoms. The zero-order chi connectivity index (χ0) is 11.1. The van der Waals surface area contributed by atoms with Crippen molar-refractivity contribution < 1.29 is 9.84 Å². The van der Waals surface area contributed by atoms with Crippen LogP contribution in [-0.4, -0.2) is 25.3 Å². The number of aliphatic hydroxyl groups is 1. The van der Waals surface area contributed by atoms with E-state index in [2.05, 4.69) is 4.90 Å². The van der Waals surface area contributed by atoms with E-state index in [4.69, 9.17) is 4.74 Å². The Bertz CT molecular complexity index is 368. The molecule has 0 aromatic heterocycles. The van der Waals surface area contributed by atoms with Crippen molar-refractivity contribution in [3.05, 3.63) is 23.8 Å². The van der Waals surface area contributed by atoms with Gasteiger partial charge < -0.3 is 14.7 Å². The third kappa shape index (κ3) is 1.92. The van der Waals surface area contributed by atoms with Gasteiger partial charge in [0.05, 0.1) is 17.8 Å². The molecule has 0 aliphatic carbocycles. The predicted molar refractivity (Wildman–Crippen MR) is 60.5 cm³/mol. The number of nitrogens with zero attached hydrogens (tertiary/aromatic N) is 1. The standard InChI is InChI=1S/C12H17NO2/c1-12(2,14)9-4-5-11-10(8-9)13(3)6-7-15-11/h4-5,8,14H,6-7H2,1-3H3. The summed E-state index contributed by atoms with van der Waals surface area (Å²) >= 11 is 0. The highest BCUT2D eigenvalue weighted by molar-refractivity contribution is 5.61. The number of likely N-dealkylation sites (N-methyl/N-ethyl adjacent to an activating group) is 1. The van der Waals surface area contributed by atoms with Crippen molar-refractivity contribution in [3.8, 4) is 5.75 Å². The van der Waals surface area contributed by atoms with Crippen LogP contribution in [-0.2, 0) is 5.60 Å². The third-order valence-corrected chi connectivity index (χ3v) is 2.76. The van der Waals surface area contributed by atoms with E-state index in [1.807, 2.05) is 25.2 Å². The van der Waals surface area contributed by atoms with Crippen molar-refractivity contribution in [3.63, 3.8) is 0 Å². The SMILES string of the molecule is CN1CCOc2ccc(C(C)(C)O)cc21. The van der Waals surface area contributed by atoms with Gasteiger partial charge in [-0.05, 0) is 31.5 Å². The molecule has 0 saturated heterocycles. The largest absolute Gasteiger partial charge is 0.490 e. The van der Waals surface area contributed by atoms with Crippen LogP contribution in [0.15, 0.2) is 18.2 Å². The Kier molecular flexibility index (Phi) is 2.35. The van der Waals surface area contributed by atoms with Gasteiger partial charge in [0.1, 0.15) is 12.4 Å². The fourth-order valence-electron chi connectivity index (χ4n) is 1.73. The van der Waals surface area contributed by atoms with E-state index in [-0.39, 0.29) is 0 Å². The number of ether oxygens (including phenoxy) is 1. The Labute approximate surface area is 90.3 Å². The highest BCUT2D eigenvalue weighted by atomic mass is 16.5. The summed E-state index contributed by atoms with van der Waals surface area (Å²) in [4.78, 5) is 2.15. The van der Waals surface area contributed by atoms with Crippen molar-refractivity contribution >= 4 is 5.69 Å².